The van der Waals surface area contributed by atoms with Crippen LogP contribution in [0.1, 0.15) is 23.1 Å². The molecule has 2 heterocycles. The highest BCUT2D eigenvalue weighted by Crippen LogP contribution is 2.39. The number of aliphatic hydroxyl groups is 1. The van der Waals surface area contributed by atoms with Gasteiger partial charge >= 0.3 is 5.17 Å². The van der Waals surface area contributed by atoms with Crippen molar-refractivity contribution in [1.29, 1.82) is 0 Å². The Bertz CT molecular complexity index is 942. The lowest BCUT2D eigenvalue weighted by atomic mass is 10.0. The number of aryl methyl sites for hydroxylation is 1. The van der Waals surface area contributed by atoms with E-state index in [9.17, 15) is 15.2 Å². The van der Waals surface area contributed by atoms with Crippen molar-refractivity contribution in [2.75, 3.05) is 23.7 Å². The second-order valence-electron chi connectivity index (χ2n) is 7.06. The van der Waals surface area contributed by atoms with Gasteiger partial charge in [-0.2, -0.15) is 0 Å². The third kappa shape index (κ3) is 2.91. The Kier molecular flexibility index (Phi) is 4.44. The van der Waals surface area contributed by atoms with E-state index in [4.69, 9.17) is 0 Å². The molecule has 0 aliphatic carbocycles. The lowest BCUT2D eigenvalue weighted by Gasteiger charge is -2.24. The maximum Gasteiger partial charge on any atom is 0.316 e. The number of nitrogens with zero attached hydrogens (tertiary/aromatic N) is 3. The highest BCUT2D eigenvalue weighted by Gasteiger charge is 2.53. The zero-order valence-corrected chi connectivity index (χ0v) is 16.2. The number of hydrogen-bond donors (Lipinski definition) is 1. The highest BCUT2D eigenvalue weighted by molar-refractivity contribution is 8.13. The molecule has 0 saturated heterocycles. The molecule has 0 saturated carbocycles. The molecule has 0 aromatic heterocycles. The van der Waals surface area contributed by atoms with Gasteiger partial charge in [-0.15, -0.1) is 0 Å². The Morgan fingerprint density at radius 1 is 1.22 bits per heavy atom. The van der Waals surface area contributed by atoms with Gasteiger partial charge in [0.25, 0.3) is 11.4 Å². The van der Waals surface area contributed by atoms with E-state index in [0.29, 0.717) is 12.1 Å². The van der Waals surface area contributed by atoms with Gasteiger partial charge in [0.2, 0.25) is 0 Å². The monoisotopic (exact) mass is 384 g/mol. The molecule has 2 aromatic rings. The lowest BCUT2D eigenvalue weighted by Crippen LogP contribution is -2.41. The second kappa shape index (κ2) is 6.65. The average molecular weight is 384 g/mol. The van der Waals surface area contributed by atoms with Crippen LogP contribution in [0.4, 0.5) is 11.4 Å². The number of nitro groups is 1. The molecule has 27 heavy (non-hydrogen) atoms. The van der Waals surface area contributed by atoms with Crippen molar-refractivity contribution in [3.05, 3.63) is 69.3 Å². The first-order valence-electron chi connectivity index (χ1n) is 9.00. The van der Waals surface area contributed by atoms with Crippen LogP contribution in [-0.2, 0) is 5.72 Å². The minimum absolute atomic E-state index is 0.0314. The normalized spacial score (nSPS) is 22.1. The number of non-ortho nitro benzene ring substituents is 1. The number of anilines is 1. The molecule has 140 valence electrons. The Labute approximate surface area is 162 Å². The quantitative estimate of drug-likeness (QED) is 0.499. The number of hydrogen-bond acceptors (Lipinski definition) is 5. The van der Waals surface area contributed by atoms with E-state index in [2.05, 4.69) is 30.9 Å². The maximum atomic E-state index is 11.7. The van der Waals surface area contributed by atoms with Crippen LogP contribution in [0, 0.1) is 24.0 Å². The molecule has 1 N–H and O–H groups in total. The first-order valence-corrected chi connectivity index (χ1v) is 9.99. The van der Waals surface area contributed by atoms with Crippen LogP contribution in [0.2, 0.25) is 0 Å². The molecule has 0 radical (unpaired) electrons. The Balaban J connectivity index is 1.80. The fourth-order valence-electron chi connectivity index (χ4n) is 3.81. The zero-order chi connectivity index (χ0) is 19.2. The van der Waals surface area contributed by atoms with Gasteiger partial charge in [-0.05, 0) is 61.4 Å². The third-order valence-corrected chi connectivity index (χ3v) is 6.64. The van der Waals surface area contributed by atoms with Gasteiger partial charge in [0.15, 0.2) is 6.54 Å². The van der Waals surface area contributed by atoms with Gasteiger partial charge in [-0.3, -0.25) is 10.1 Å². The van der Waals surface area contributed by atoms with Crippen molar-refractivity contribution >= 4 is 28.3 Å². The van der Waals surface area contributed by atoms with Crippen molar-refractivity contribution in [2.45, 2.75) is 26.0 Å². The smallest absolute Gasteiger partial charge is 0.316 e. The molecule has 4 rings (SSSR count). The number of rotatable bonds is 3. The summed E-state index contributed by atoms with van der Waals surface area (Å²) in [5.41, 5.74) is 3.02. The van der Waals surface area contributed by atoms with Crippen molar-refractivity contribution in [3.8, 4) is 0 Å². The maximum absolute atomic E-state index is 11.7. The predicted octanol–water partition coefficient (Wildman–Crippen LogP) is 3.38. The molecule has 6 nitrogen and oxygen atoms in total. The minimum atomic E-state index is -1.20. The molecule has 7 heteroatoms. The van der Waals surface area contributed by atoms with Crippen LogP contribution < -0.4 is 4.90 Å². The standard InChI is InChI=1S/C20H22N3O3S/c1-14-5-3-6-18(15(14)2)21-13-20(24,22-11-4-12-27-19(21)22)16-7-9-17(10-8-16)23(25)26/h3,5-10,24H,4,11-13H2,1-2H3/q+1/t20-/m1/s1. The fraction of sp³-hybridized carbons (Fsp3) is 0.350. The third-order valence-electron chi connectivity index (χ3n) is 5.45. The first-order chi connectivity index (χ1) is 12.9. The summed E-state index contributed by atoms with van der Waals surface area (Å²) in [5, 5.41) is 23.7. The molecular formula is C20H22N3O3S+. The summed E-state index contributed by atoms with van der Waals surface area (Å²) in [7, 11) is 0. The van der Waals surface area contributed by atoms with E-state index in [1.54, 1.807) is 23.9 Å². The largest absolute Gasteiger partial charge is 0.346 e. The van der Waals surface area contributed by atoms with Gasteiger partial charge in [-0.25, -0.2) is 9.48 Å². The van der Waals surface area contributed by atoms with Crippen LogP contribution in [-0.4, -0.2) is 38.6 Å². The number of benzene rings is 2. The minimum Gasteiger partial charge on any atom is -0.346 e. The van der Waals surface area contributed by atoms with Gasteiger partial charge < -0.3 is 5.11 Å². The second-order valence-corrected chi connectivity index (χ2v) is 8.12. The van der Waals surface area contributed by atoms with Crippen LogP contribution in [0.3, 0.4) is 0 Å². The summed E-state index contributed by atoms with van der Waals surface area (Å²) in [6.07, 6.45) is 0.990. The fourth-order valence-corrected chi connectivity index (χ4v) is 4.99. The van der Waals surface area contributed by atoms with Crippen LogP contribution in [0.5, 0.6) is 0 Å². The summed E-state index contributed by atoms with van der Waals surface area (Å²) in [6, 6.07) is 12.5. The van der Waals surface area contributed by atoms with Crippen LogP contribution in [0.25, 0.3) is 0 Å². The van der Waals surface area contributed by atoms with E-state index in [1.165, 1.54) is 23.3 Å². The topological polar surface area (TPSA) is 69.6 Å². The highest BCUT2D eigenvalue weighted by atomic mass is 32.2. The summed E-state index contributed by atoms with van der Waals surface area (Å²) in [6.45, 7) is 5.36. The Morgan fingerprint density at radius 3 is 2.67 bits per heavy atom. The summed E-state index contributed by atoms with van der Waals surface area (Å²) in [4.78, 5) is 12.7. The molecule has 2 aliphatic rings. The van der Waals surface area contributed by atoms with Crippen molar-refractivity contribution in [1.82, 2.24) is 0 Å². The molecular weight excluding hydrogens is 362 g/mol. The van der Waals surface area contributed by atoms with Gasteiger partial charge in [0.1, 0.15) is 5.69 Å². The van der Waals surface area contributed by atoms with E-state index >= 15 is 0 Å². The van der Waals surface area contributed by atoms with Crippen molar-refractivity contribution in [2.24, 2.45) is 0 Å². The van der Waals surface area contributed by atoms with Crippen LogP contribution >= 0.6 is 11.8 Å². The molecule has 0 spiro atoms. The lowest BCUT2D eigenvalue weighted by molar-refractivity contribution is -0.656. The van der Waals surface area contributed by atoms with Gasteiger partial charge in [0, 0.05) is 23.4 Å². The predicted molar refractivity (Wildman–Crippen MR) is 107 cm³/mol. The summed E-state index contributed by atoms with van der Waals surface area (Å²) >= 11 is 1.76. The molecule has 1 atom stereocenters. The molecule has 0 amide bonds. The van der Waals surface area contributed by atoms with E-state index < -0.39 is 10.6 Å². The van der Waals surface area contributed by atoms with Crippen molar-refractivity contribution in [3.63, 3.8) is 0 Å². The first kappa shape index (κ1) is 18.0. The SMILES string of the molecule is Cc1cccc(N2C[C@@](O)(c3ccc([N+](=O)[O-])cc3)[N+]3=C2SCCC3)c1C. The zero-order valence-electron chi connectivity index (χ0n) is 15.4. The number of thioether (sulfide) groups is 1. The summed E-state index contributed by atoms with van der Waals surface area (Å²) in [5.74, 6) is 1.02. The average Bonchev–Trinajstić information content (AvgIpc) is 2.98. The number of nitro benzene ring substituents is 1. The van der Waals surface area contributed by atoms with Gasteiger partial charge in [0.05, 0.1) is 11.5 Å². The summed E-state index contributed by atoms with van der Waals surface area (Å²) < 4.78 is 2.05. The molecule has 2 aromatic carbocycles. The van der Waals surface area contributed by atoms with Crippen molar-refractivity contribution < 1.29 is 14.6 Å². The van der Waals surface area contributed by atoms with Crippen LogP contribution in [0.15, 0.2) is 42.5 Å². The van der Waals surface area contributed by atoms with E-state index in [0.717, 1.165) is 29.6 Å². The Morgan fingerprint density at radius 2 is 1.96 bits per heavy atom. The molecule has 0 unspecified atom stereocenters. The molecule has 2 aliphatic heterocycles. The van der Waals surface area contributed by atoms with Gasteiger partial charge in [-0.1, -0.05) is 12.1 Å². The van der Waals surface area contributed by atoms with E-state index in [-0.39, 0.29) is 5.69 Å². The molecule has 0 fully saturated rings. The number of β-amino-alcohol motifs (C(OH)–C–C–N with tert-alkyl or cyclic N) is 1. The van der Waals surface area contributed by atoms with E-state index in [1.807, 2.05) is 10.6 Å². The number of amidine groups is 1. The Hall–Kier alpha value is -2.38. The molecule has 0 bridgehead atoms.